The molecular weight excluding hydrogens is 328 g/mol. The molecule has 2 N–H and O–H groups in total. The number of hydrogen-bond acceptors (Lipinski definition) is 3. The number of anilines is 1. The smallest absolute Gasteiger partial charge is 0.191 e. The SMILES string of the molecule is CN=C(NCc1ccc2c(c1)CCCN2C)NCC(C)c1ccsc1. The summed E-state index contributed by atoms with van der Waals surface area (Å²) in [5.41, 5.74) is 5.53. The first-order valence-electron chi connectivity index (χ1n) is 8.97. The third-order valence-electron chi connectivity index (χ3n) is 4.87. The maximum atomic E-state index is 4.34. The van der Waals surface area contributed by atoms with Gasteiger partial charge in [-0.05, 0) is 58.3 Å². The van der Waals surface area contributed by atoms with E-state index in [-0.39, 0.29) is 0 Å². The molecule has 0 aliphatic carbocycles. The molecule has 2 heterocycles. The van der Waals surface area contributed by atoms with Crippen molar-refractivity contribution >= 4 is 23.0 Å². The standard InChI is InChI=1S/C20H28N4S/c1-15(18-8-10-25-14-18)12-22-20(21-2)23-13-16-6-7-19-17(11-16)5-4-9-24(19)3/h6-8,10-11,14-15H,4-5,9,12-13H2,1-3H3,(H2,21,22,23). The van der Waals surface area contributed by atoms with E-state index in [9.17, 15) is 0 Å². The summed E-state index contributed by atoms with van der Waals surface area (Å²) >= 11 is 1.75. The zero-order valence-electron chi connectivity index (χ0n) is 15.4. The number of rotatable bonds is 5. The third kappa shape index (κ3) is 4.54. The molecule has 5 heteroatoms. The fourth-order valence-corrected chi connectivity index (χ4v) is 4.06. The van der Waals surface area contributed by atoms with Gasteiger partial charge in [-0.1, -0.05) is 19.1 Å². The van der Waals surface area contributed by atoms with Crippen LogP contribution in [0.3, 0.4) is 0 Å². The molecule has 0 radical (unpaired) electrons. The Kier molecular flexibility index (Phi) is 5.97. The van der Waals surface area contributed by atoms with Crippen LogP contribution in [-0.4, -0.2) is 33.1 Å². The van der Waals surface area contributed by atoms with E-state index in [2.05, 4.69) is 69.5 Å². The highest BCUT2D eigenvalue weighted by atomic mass is 32.1. The van der Waals surface area contributed by atoms with Crippen molar-refractivity contribution in [3.8, 4) is 0 Å². The summed E-state index contributed by atoms with van der Waals surface area (Å²) in [6, 6.07) is 8.99. The number of thiophene rings is 1. The van der Waals surface area contributed by atoms with Crippen molar-refractivity contribution in [3.63, 3.8) is 0 Å². The second-order valence-corrected chi connectivity index (χ2v) is 7.53. The first kappa shape index (κ1) is 17.8. The lowest BCUT2D eigenvalue weighted by Crippen LogP contribution is -2.38. The van der Waals surface area contributed by atoms with Gasteiger partial charge in [0.25, 0.3) is 0 Å². The molecule has 2 aromatic rings. The minimum absolute atomic E-state index is 0.476. The Bertz CT molecular complexity index is 708. The van der Waals surface area contributed by atoms with Crippen LogP contribution in [0.5, 0.6) is 0 Å². The van der Waals surface area contributed by atoms with Crippen molar-refractivity contribution in [2.24, 2.45) is 4.99 Å². The Labute approximate surface area is 155 Å². The van der Waals surface area contributed by atoms with E-state index in [4.69, 9.17) is 0 Å². The fourth-order valence-electron chi connectivity index (χ4n) is 3.28. The molecular formula is C20H28N4S. The lowest BCUT2D eigenvalue weighted by atomic mass is 9.99. The largest absolute Gasteiger partial charge is 0.374 e. The van der Waals surface area contributed by atoms with Gasteiger partial charge in [-0.25, -0.2) is 0 Å². The average molecular weight is 357 g/mol. The molecule has 0 amide bonds. The van der Waals surface area contributed by atoms with E-state index < -0.39 is 0 Å². The number of nitrogens with zero attached hydrogens (tertiary/aromatic N) is 2. The van der Waals surface area contributed by atoms with Gasteiger partial charge in [0.1, 0.15) is 0 Å². The normalized spacial score (nSPS) is 15.6. The van der Waals surface area contributed by atoms with E-state index in [1.165, 1.54) is 35.2 Å². The van der Waals surface area contributed by atoms with Crippen LogP contribution in [0.2, 0.25) is 0 Å². The second-order valence-electron chi connectivity index (χ2n) is 6.75. The highest BCUT2D eigenvalue weighted by Crippen LogP contribution is 2.26. The van der Waals surface area contributed by atoms with Crippen LogP contribution < -0.4 is 15.5 Å². The van der Waals surface area contributed by atoms with Crippen LogP contribution in [0.15, 0.2) is 40.0 Å². The summed E-state index contributed by atoms with van der Waals surface area (Å²) in [6.45, 7) is 5.07. The quantitative estimate of drug-likeness (QED) is 0.635. The number of fused-ring (bicyclic) bond motifs is 1. The lowest BCUT2D eigenvalue weighted by molar-refractivity contribution is 0.700. The Morgan fingerprint density at radius 2 is 2.20 bits per heavy atom. The zero-order chi connectivity index (χ0) is 17.6. The molecule has 1 aromatic carbocycles. The molecule has 1 atom stereocenters. The van der Waals surface area contributed by atoms with E-state index in [0.29, 0.717) is 5.92 Å². The van der Waals surface area contributed by atoms with Crippen molar-refractivity contribution in [2.45, 2.75) is 32.2 Å². The van der Waals surface area contributed by atoms with E-state index in [1.54, 1.807) is 11.3 Å². The number of hydrogen-bond donors (Lipinski definition) is 2. The molecule has 0 bridgehead atoms. The van der Waals surface area contributed by atoms with Gasteiger partial charge in [-0.3, -0.25) is 4.99 Å². The maximum Gasteiger partial charge on any atom is 0.191 e. The van der Waals surface area contributed by atoms with Crippen molar-refractivity contribution in [3.05, 3.63) is 51.7 Å². The second kappa shape index (κ2) is 8.39. The van der Waals surface area contributed by atoms with Crippen LogP contribution in [-0.2, 0) is 13.0 Å². The van der Waals surface area contributed by atoms with Crippen LogP contribution in [0.4, 0.5) is 5.69 Å². The monoisotopic (exact) mass is 356 g/mol. The first-order valence-corrected chi connectivity index (χ1v) is 9.91. The summed E-state index contributed by atoms with van der Waals surface area (Å²) in [7, 11) is 4.00. The van der Waals surface area contributed by atoms with Crippen LogP contribution >= 0.6 is 11.3 Å². The van der Waals surface area contributed by atoms with Gasteiger partial charge in [-0.15, -0.1) is 0 Å². The Hall–Kier alpha value is -2.01. The summed E-state index contributed by atoms with van der Waals surface area (Å²) in [6.07, 6.45) is 2.42. The molecule has 1 aliphatic heterocycles. The Morgan fingerprint density at radius 1 is 1.32 bits per heavy atom. The number of guanidine groups is 1. The molecule has 0 saturated carbocycles. The Morgan fingerprint density at radius 3 is 2.96 bits per heavy atom. The molecule has 0 saturated heterocycles. The molecule has 0 fully saturated rings. The number of aryl methyl sites for hydroxylation is 1. The van der Waals surface area contributed by atoms with Crippen molar-refractivity contribution in [1.82, 2.24) is 10.6 Å². The van der Waals surface area contributed by atoms with Gasteiger partial charge < -0.3 is 15.5 Å². The predicted octanol–water partition coefficient (Wildman–Crippen LogP) is 3.60. The summed E-state index contributed by atoms with van der Waals surface area (Å²) in [5, 5.41) is 11.2. The van der Waals surface area contributed by atoms with Gasteiger partial charge in [0.15, 0.2) is 5.96 Å². The van der Waals surface area contributed by atoms with E-state index in [0.717, 1.165) is 25.6 Å². The molecule has 1 aliphatic rings. The third-order valence-corrected chi connectivity index (χ3v) is 5.57. The molecule has 134 valence electrons. The first-order chi connectivity index (χ1) is 12.2. The minimum atomic E-state index is 0.476. The Balaban J connectivity index is 1.53. The van der Waals surface area contributed by atoms with Crippen LogP contribution in [0.25, 0.3) is 0 Å². The summed E-state index contributed by atoms with van der Waals surface area (Å²) in [4.78, 5) is 6.69. The molecule has 0 spiro atoms. The van der Waals surface area contributed by atoms with Gasteiger partial charge in [0, 0.05) is 39.4 Å². The van der Waals surface area contributed by atoms with Gasteiger partial charge in [0.05, 0.1) is 0 Å². The van der Waals surface area contributed by atoms with E-state index >= 15 is 0 Å². The maximum absolute atomic E-state index is 4.34. The van der Waals surface area contributed by atoms with Gasteiger partial charge in [0.2, 0.25) is 0 Å². The topological polar surface area (TPSA) is 39.7 Å². The molecule has 1 aromatic heterocycles. The number of benzene rings is 1. The highest BCUT2D eigenvalue weighted by molar-refractivity contribution is 7.07. The van der Waals surface area contributed by atoms with Gasteiger partial charge >= 0.3 is 0 Å². The molecule has 25 heavy (non-hydrogen) atoms. The summed E-state index contributed by atoms with van der Waals surface area (Å²) in [5.74, 6) is 1.33. The molecule has 1 unspecified atom stereocenters. The minimum Gasteiger partial charge on any atom is -0.374 e. The van der Waals surface area contributed by atoms with Crippen LogP contribution in [0.1, 0.15) is 36.0 Å². The average Bonchev–Trinajstić information content (AvgIpc) is 3.16. The predicted molar refractivity (Wildman–Crippen MR) is 109 cm³/mol. The van der Waals surface area contributed by atoms with Gasteiger partial charge in [-0.2, -0.15) is 11.3 Å². The number of nitrogens with one attached hydrogen (secondary N) is 2. The zero-order valence-corrected chi connectivity index (χ0v) is 16.2. The lowest BCUT2D eigenvalue weighted by Gasteiger charge is -2.28. The number of aliphatic imine (C=N–C) groups is 1. The highest BCUT2D eigenvalue weighted by Gasteiger charge is 2.13. The van der Waals surface area contributed by atoms with Crippen molar-refractivity contribution < 1.29 is 0 Å². The fraction of sp³-hybridized carbons (Fsp3) is 0.450. The van der Waals surface area contributed by atoms with Crippen molar-refractivity contribution in [1.29, 1.82) is 0 Å². The van der Waals surface area contributed by atoms with E-state index in [1.807, 2.05) is 7.05 Å². The van der Waals surface area contributed by atoms with Crippen molar-refractivity contribution in [2.75, 3.05) is 32.1 Å². The summed E-state index contributed by atoms with van der Waals surface area (Å²) < 4.78 is 0. The molecule has 4 nitrogen and oxygen atoms in total. The van der Waals surface area contributed by atoms with Crippen LogP contribution in [0, 0.1) is 0 Å². The molecule has 3 rings (SSSR count).